The van der Waals surface area contributed by atoms with E-state index in [4.69, 9.17) is 9.47 Å². The second-order valence-electron chi connectivity index (χ2n) is 5.56. The Labute approximate surface area is 142 Å². The van der Waals surface area contributed by atoms with Crippen molar-refractivity contribution >= 4 is 5.69 Å². The summed E-state index contributed by atoms with van der Waals surface area (Å²) in [5.41, 5.74) is 2.71. The molecular formula is C18H20N4O2. The molecule has 0 bridgehead atoms. The minimum Gasteiger partial charge on any atom is -0.493 e. The average Bonchev–Trinajstić information content (AvgIpc) is 2.98. The summed E-state index contributed by atoms with van der Waals surface area (Å²) >= 11 is 0. The van der Waals surface area contributed by atoms with Gasteiger partial charge in [-0.25, -0.2) is 0 Å². The first-order chi connectivity index (χ1) is 11.5. The van der Waals surface area contributed by atoms with Crippen molar-refractivity contribution in [1.29, 1.82) is 10.5 Å². The fourth-order valence-electron chi connectivity index (χ4n) is 2.77. The standard InChI is InChI=1S/C18H20N4O2/c1-21(2)10-14-11-22(12-15(14)13(8-19)9-20)16-6-5-7-17(23-3)18(16)24-4/h5-7,10H,11-12H2,1-4H3. The molecule has 0 unspecified atom stereocenters. The van der Waals surface area contributed by atoms with Crippen LogP contribution in [0.5, 0.6) is 11.5 Å². The number of allylic oxidation sites excluding steroid dienone is 1. The summed E-state index contributed by atoms with van der Waals surface area (Å²) in [5.74, 6) is 1.28. The minimum absolute atomic E-state index is 0.146. The van der Waals surface area contributed by atoms with Gasteiger partial charge in [-0.1, -0.05) is 6.07 Å². The van der Waals surface area contributed by atoms with Crippen molar-refractivity contribution in [2.75, 3.05) is 46.3 Å². The Morgan fingerprint density at radius 1 is 1.17 bits per heavy atom. The fourth-order valence-corrected chi connectivity index (χ4v) is 2.77. The molecule has 1 heterocycles. The van der Waals surface area contributed by atoms with Crippen molar-refractivity contribution in [2.24, 2.45) is 0 Å². The Morgan fingerprint density at radius 2 is 1.88 bits per heavy atom. The normalized spacial score (nSPS) is 15.0. The zero-order valence-electron chi connectivity index (χ0n) is 14.3. The van der Waals surface area contributed by atoms with E-state index in [1.54, 1.807) is 14.2 Å². The van der Waals surface area contributed by atoms with E-state index in [9.17, 15) is 10.5 Å². The lowest BCUT2D eigenvalue weighted by Gasteiger charge is -2.21. The molecule has 0 aliphatic carbocycles. The predicted octanol–water partition coefficient (Wildman–Crippen LogP) is 2.31. The third kappa shape index (κ3) is 3.28. The van der Waals surface area contributed by atoms with Crippen LogP contribution in [0.3, 0.4) is 0 Å². The van der Waals surface area contributed by atoms with E-state index in [1.807, 2.05) is 55.5 Å². The van der Waals surface area contributed by atoms with E-state index in [-0.39, 0.29) is 5.57 Å². The lowest BCUT2D eigenvalue weighted by Crippen LogP contribution is -2.19. The molecule has 0 atom stereocenters. The second kappa shape index (κ2) is 7.43. The minimum atomic E-state index is 0.146. The number of ether oxygens (including phenoxy) is 2. The third-order valence-corrected chi connectivity index (χ3v) is 3.76. The first-order valence-electron chi connectivity index (χ1n) is 7.42. The van der Waals surface area contributed by atoms with Gasteiger partial charge >= 0.3 is 0 Å². The Balaban J connectivity index is 2.52. The molecule has 1 fully saturated rings. The Bertz CT molecular complexity index is 750. The van der Waals surface area contributed by atoms with Gasteiger partial charge in [0, 0.05) is 39.0 Å². The first kappa shape index (κ1) is 17.2. The van der Waals surface area contributed by atoms with Gasteiger partial charge in [0.05, 0.1) is 19.9 Å². The van der Waals surface area contributed by atoms with Crippen LogP contribution in [-0.2, 0) is 0 Å². The quantitative estimate of drug-likeness (QED) is 0.791. The summed E-state index contributed by atoms with van der Waals surface area (Å²) in [5, 5.41) is 18.5. The molecule has 1 aliphatic heterocycles. The van der Waals surface area contributed by atoms with Crippen LogP contribution in [0.1, 0.15) is 0 Å². The molecule has 0 saturated carbocycles. The number of hydrogen-bond donors (Lipinski definition) is 0. The zero-order valence-corrected chi connectivity index (χ0v) is 14.3. The number of nitrogens with zero attached hydrogens (tertiary/aromatic N) is 4. The molecule has 0 N–H and O–H groups in total. The van der Waals surface area contributed by atoms with Gasteiger partial charge in [0.2, 0.25) is 0 Å². The largest absolute Gasteiger partial charge is 0.493 e. The van der Waals surface area contributed by atoms with Crippen molar-refractivity contribution in [1.82, 2.24) is 4.90 Å². The lowest BCUT2D eigenvalue weighted by atomic mass is 10.1. The van der Waals surface area contributed by atoms with E-state index >= 15 is 0 Å². The number of anilines is 1. The molecule has 0 amide bonds. The molecule has 124 valence electrons. The zero-order chi connectivity index (χ0) is 17.7. The summed E-state index contributed by atoms with van der Waals surface area (Å²) in [4.78, 5) is 3.98. The summed E-state index contributed by atoms with van der Waals surface area (Å²) in [6.07, 6.45) is 1.94. The maximum Gasteiger partial charge on any atom is 0.184 e. The molecular weight excluding hydrogens is 304 g/mol. The molecule has 6 nitrogen and oxygen atoms in total. The average molecular weight is 324 g/mol. The van der Waals surface area contributed by atoms with E-state index in [2.05, 4.69) is 4.90 Å². The first-order valence-corrected chi connectivity index (χ1v) is 7.42. The van der Waals surface area contributed by atoms with E-state index in [0.29, 0.717) is 24.6 Å². The van der Waals surface area contributed by atoms with Crippen LogP contribution >= 0.6 is 0 Å². The van der Waals surface area contributed by atoms with E-state index < -0.39 is 0 Å². The Kier molecular flexibility index (Phi) is 5.34. The summed E-state index contributed by atoms with van der Waals surface area (Å²) in [7, 11) is 7.02. The van der Waals surface area contributed by atoms with Gasteiger partial charge in [-0.2, -0.15) is 10.5 Å². The molecule has 24 heavy (non-hydrogen) atoms. The maximum absolute atomic E-state index is 9.24. The fraction of sp³-hybridized carbons (Fsp3) is 0.333. The molecule has 0 radical (unpaired) electrons. The molecule has 1 aromatic carbocycles. The van der Waals surface area contributed by atoms with Crippen LogP contribution < -0.4 is 14.4 Å². The van der Waals surface area contributed by atoms with Crippen LogP contribution in [0.2, 0.25) is 0 Å². The highest BCUT2D eigenvalue weighted by Gasteiger charge is 2.28. The van der Waals surface area contributed by atoms with Crippen molar-refractivity contribution in [3.63, 3.8) is 0 Å². The Morgan fingerprint density at radius 3 is 2.42 bits per heavy atom. The monoisotopic (exact) mass is 324 g/mol. The molecule has 2 rings (SSSR count). The molecule has 0 aromatic heterocycles. The van der Waals surface area contributed by atoms with E-state index in [0.717, 1.165) is 16.8 Å². The lowest BCUT2D eigenvalue weighted by molar-refractivity contribution is 0.355. The highest BCUT2D eigenvalue weighted by molar-refractivity contribution is 5.69. The molecule has 1 aliphatic rings. The van der Waals surface area contributed by atoms with Crippen LogP contribution in [0.25, 0.3) is 0 Å². The summed E-state index contributed by atoms with van der Waals surface area (Å²) in [6.45, 7) is 1.06. The van der Waals surface area contributed by atoms with Crippen LogP contribution in [0, 0.1) is 22.7 Å². The van der Waals surface area contributed by atoms with Crippen molar-refractivity contribution in [3.05, 3.63) is 41.1 Å². The number of para-hydroxylation sites is 1. The predicted molar refractivity (Wildman–Crippen MR) is 91.8 cm³/mol. The third-order valence-electron chi connectivity index (χ3n) is 3.76. The maximum atomic E-state index is 9.24. The van der Waals surface area contributed by atoms with Crippen molar-refractivity contribution < 1.29 is 9.47 Å². The highest BCUT2D eigenvalue weighted by Crippen LogP contribution is 2.40. The van der Waals surface area contributed by atoms with Gasteiger partial charge in [-0.05, 0) is 17.7 Å². The number of methoxy groups -OCH3 is 2. The van der Waals surface area contributed by atoms with E-state index in [1.165, 1.54) is 0 Å². The van der Waals surface area contributed by atoms with Gasteiger partial charge in [-0.3, -0.25) is 0 Å². The smallest absolute Gasteiger partial charge is 0.184 e. The number of hydrogen-bond acceptors (Lipinski definition) is 6. The molecule has 1 aromatic rings. The molecule has 1 saturated heterocycles. The number of rotatable bonds is 4. The molecule has 0 spiro atoms. The Hall–Kier alpha value is -3.12. The SMILES string of the molecule is COc1cccc(N2CC(=CN(C)C)C(=C(C#N)C#N)C2)c1OC. The van der Waals surface area contributed by atoms with Gasteiger partial charge < -0.3 is 19.3 Å². The van der Waals surface area contributed by atoms with Crippen LogP contribution in [0.4, 0.5) is 5.69 Å². The topological polar surface area (TPSA) is 72.5 Å². The van der Waals surface area contributed by atoms with Crippen molar-refractivity contribution in [2.45, 2.75) is 0 Å². The number of nitriles is 2. The van der Waals surface area contributed by atoms with Crippen LogP contribution in [0.15, 0.2) is 41.1 Å². The van der Waals surface area contributed by atoms with Gasteiger partial charge in [-0.15, -0.1) is 0 Å². The highest BCUT2D eigenvalue weighted by atomic mass is 16.5. The molecule has 6 heteroatoms. The summed E-state index contributed by atoms with van der Waals surface area (Å²) < 4.78 is 10.9. The number of benzene rings is 1. The van der Waals surface area contributed by atoms with Gasteiger partial charge in [0.15, 0.2) is 11.5 Å². The van der Waals surface area contributed by atoms with Crippen LogP contribution in [-0.4, -0.2) is 46.3 Å². The van der Waals surface area contributed by atoms with Gasteiger partial charge in [0.1, 0.15) is 17.7 Å². The second-order valence-corrected chi connectivity index (χ2v) is 5.56. The van der Waals surface area contributed by atoms with Gasteiger partial charge in [0.25, 0.3) is 0 Å². The summed E-state index contributed by atoms with van der Waals surface area (Å²) in [6, 6.07) is 9.66. The van der Waals surface area contributed by atoms with Crippen molar-refractivity contribution in [3.8, 4) is 23.6 Å².